The van der Waals surface area contributed by atoms with Gasteiger partial charge in [-0.3, -0.25) is 52.8 Å². The molecule has 24 heteroatoms. The Labute approximate surface area is 539 Å². The maximum Gasteiger partial charge on any atom is 0.246 e. The van der Waals surface area contributed by atoms with Crippen molar-refractivity contribution in [3.63, 3.8) is 0 Å². The largest absolute Gasteiger partial charge is 0.390 e. The number of aliphatic hydroxyl groups excluding tert-OH is 1. The third kappa shape index (κ3) is 22.3. The fraction of sp³-hybridized carbons (Fsp3) is 0.818. The second kappa shape index (κ2) is 37.1. The third-order valence-corrected chi connectivity index (χ3v) is 17.9. The Morgan fingerprint density at radius 1 is 0.544 bits per heavy atom. The second-order valence-electron chi connectivity index (χ2n) is 27.7. The predicted octanol–water partition coefficient (Wildman–Crippen LogP) is 3.53. The van der Waals surface area contributed by atoms with Crippen LogP contribution in [-0.2, 0) is 57.4 Å². The molecule has 10 amide bonds. The van der Waals surface area contributed by atoms with Crippen molar-refractivity contribution in [2.75, 3.05) is 75.7 Å². The van der Waals surface area contributed by atoms with E-state index in [-0.39, 0.29) is 62.2 Å². The van der Waals surface area contributed by atoms with E-state index < -0.39 is 149 Å². The van der Waals surface area contributed by atoms with Crippen LogP contribution in [0.4, 0.5) is 0 Å². The summed E-state index contributed by atoms with van der Waals surface area (Å²) in [5.41, 5.74) is 0. The van der Waals surface area contributed by atoms with Crippen LogP contribution >= 0.6 is 0 Å². The maximum atomic E-state index is 15.2. The number of nitrogens with one attached hydrogen (secondary N) is 4. The van der Waals surface area contributed by atoms with E-state index in [1.165, 1.54) is 87.6 Å². The van der Waals surface area contributed by atoms with Crippen LogP contribution in [0.2, 0.25) is 0 Å². The van der Waals surface area contributed by atoms with Crippen LogP contribution in [0.25, 0.3) is 0 Å². The summed E-state index contributed by atoms with van der Waals surface area (Å²) >= 11 is 0. The van der Waals surface area contributed by atoms with Crippen molar-refractivity contribution in [1.82, 2.24) is 55.6 Å². The van der Waals surface area contributed by atoms with Gasteiger partial charge in [0.25, 0.3) is 0 Å². The van der Waals surface area contributed by atoms with E-state index in [2.05, 4.69) is 21.3 Å². The summed E-state index contributed by atoms with van der Waals surface area (Å²) in [4.78, 5) is 157. The Bertz CT molecular complexity index is 2420. The number of ether oxygens (including phenoxy) is 2. The molecule has 5 N–H and O–H groups in total. The van der Waals surface area contributed by atoms with E-state index in [9.17, 15) is 38.7 Å². The molecule has 0 aromatic rings. The molecule has 0 saturated carbocycles. The normalized spacial score (nSPS) is 29.1. The summed E-state index contributed by atoms with van der Waals surface area (Å²) in [6.45, 7) is 31.5. The van der Waals surface area contributed by atoms with Crippen molar-refractivity contribution in [3.8, 4) is 0 Å². The molecule has 2 aliphatic rings. The van der Waals surface area contributed by atoms with E-state index >= 15 is 14.4 Å². The molecule has 0 bridgehead atoms. The molecule has 90 heavy (non-hydrogen) atoms. The van der Waals surface area contributed by atoms with Crippen molar-refractivity contribution < 1.29 is 62.5 Å². The minimum absolute atomic E-state index is 0.00909. The molecule has 0 aromatic heterocycles. The molecular weight excluding hydrogens is 1150 g/mol. The van der Waals surface area contributed by atoms with Crippen molar-refractivity contribution in [3.05, 3.63) is 12.2 Å². The van der Waals surface area contributed by atoms with E-state index in [1.807, 2.05) is 73.3 Å². The van der Waals surface area contributed by atoms with Crippen LogP contribution in [0.15, 0.2) is 12.2 Å². The first-order chi connectivity index (χ1) is 41.8. The third-order valence-electron chi connectivity index (χ3n) is 17.9. The van der Waals surface area contributed by atoms with Gasteiger partial charge < -0.3 is 65.2 Å². The average molecular weight is 1270 g/mol. The highest BCUT2D eigenvalue weighted by Crippen LogP contribution is 2.26. The topological polar surface area (TPSA) is 280 Å². The quantitative estimate of drug-likeness (QED) is 0.130. The molecule has 24 nitrogen and oxygen atoms in total. The highest BCUT2D eigenvalue weighted by molar-refractivity contribution is 5.99. The zero-order valence-electron chi connectivity index (χ0n) is 59.2. The number of rotatable bonds is 17. The van der Waals surface area contributed by atoms with Gasteiger partial charge in [-0.25, -0.2) is 0 Å². The Morgan fingerprint density at radius 3 is 1.52 bits per heavy atom. The van der Waals surface area contributed by atoms with Crippen LogP contribution in [-0.4, -0.2) is 253 Å². The van der Waals surface area contributed by atoms with Crippen molar-refractivity contribution in [1.29, 1.82) is 0 Å². The zero-order chi connectivity index (χ0) is 69.1. The van der Waals surface area contributed by atoms with Gasteiger partial charge in [-0.2, -0.15) is 0 Å². The van der Waals surface area contributed by atoms with Gasteiger partial charge in [0.15, 0.2) is 0 Å². The van der Waals surface area contributed by atoms with Gasteiger partial charge in [0.2, 0.25) is 59.1 Å². The van der Waals surface area contributed by atoms with Crippen LogP contribution in [0, 0.1) is 41.4 Å². The lowest BCUT2D eigenvalue weighted by Gasteiger charge is -2.41. The fourth-order valence-corrected chi connectivity index (χ4v) is 11.9. The van der Waals surface area contributed by atoms with Crippen molar-refractivity contribution >= 4 is 59.1 Å². The highest BCUT2D eigenvalue weighted by Gasteiger charge is 2.46. The highest BCUT2D eigenvalue weighted by atomic mass is 16.5. The molecule has 2 heterocycles. The molecule has 2 saturated heterocycles. The Balaban J connectivity index is 3.00. The fourth-order valence-electron chi connectivity index (χ4n) is 11.9. The summed E-state index contributed by atoms with van der Waals surface area (Å²) in [5, 5.41) is 23.8. The van der Waals surface area contributed by atoms with Gasteiger partial charge in [0.1, 0.15) is 54.4 Å². The van der Waals surface area contributed by atoms with E-state index in [1.54, 1.807) is 47.7 Å². The minimum atomic E-state index is -1.61. The summed E-state index contributed by atoms with van der Waals surface area (Å²) in [7, 11) is 10.4. The maximum absolute atomic E-state index is 15.2. The molecule has 0 aliphatic carbocycles. The summed E-state index contributed by atoms with van der Waals surface area (Å²) in [6.07, 6.45) is 3.59. The van der Waals surface area contributed by atoms with Crippen LogP contribution in [0.3, 0.4) is 0 Å². The summed E-state index contributed by atoms with van der Waals surface area (Å²) in [5.74, 6) is -8.49. The van der Waals surface area contributed by atoms with Crippen molar-refractivity contribution in [2.45, 2.75) is 235 Å². The molecule has 15 atom stereocenters. The number of carbonyl (C=O) groups is 10. The smallest absolute Gasteiger partial charge is 0.246 e. The van der Waals surface area contributed by atoms with Gasteiger partial charge in [-0.05, 0) is 109 Å². The van der Waals surface area contributed by atoms with Crippen LogP contribution in [0.5, 0.6) is 0 Å². The average Bonchev–Trinajstić information content (AvgIpc) is 1.29. The molecule has 516 valence electrons. The number of amides is 10. The number of allylic oxidation sites excluding steroid dienone is 2. The first-order valence-corrected chi connectivity index (χ1v) is 32.8. The second-order valence-corrected chi connectivity index (χ2v) is 27.7. The summed E-state index contributed by atoms with van der Waals surface area (Å²) < 4.78 is 11.8. The predicted molar refractivity (Wildman–Crippen MR) is 348 cm³/mol. The number of hydrogen-bond acceptors (Lipinski definition) is 14. The van der Waals surface area contributed by atoms with E-state index in [0.717, 1.165) is 4.90 Å². The first-order valence-electron chi connectivity index (χ1n) is 32.8. The number of nitrogens with zero attached hydrogens (tertiary/aromatic N) is 7. The molecule has 15 unspecified atom stereocenters. The number of likely N-dealkylation sites (N-methyl/N-ethyl adjacent to an activating group) is 7. The van der Waals surface area contributed by atoms with E-state index in [0.29, 0.717) is 32.5 Å². The van der Waals surface area contributed by atoms with Gasteiger partial charge in [0, 0.05) is 67.4 Å². The van der Waals surface area contributed by atoms with Gasteiger partial charge in [-0.1, -0.05) is 102 Å². The van der Waals surface area contributed by atoms with Gasteiger partial charge in [0.05, 0.1) is 31.5 Å². The summed E-state index contributed by atoms with van der Waals surface area (Å²) in [6, 6.07) is -12.4. The first kappa shape index (κ1) is 80.4. The lowest BCUT2D eigenvalue weighted by Crippen LogP contribution is -2.64. The van der Waals surface area contributed by atoms with Gasteiger partial charge >= 0.3 is 0 Å². The van der Waals surface area contributed by atoms with Crippen molar-refractivity contribution in [2.24, 2.45) is 41.4 Å². The molecule has 0 aromatic carbocycles. The molecular formula is C66H119N11O13. The lowest BCUT2D eigenvalue weighted by molar-refractivity contribution is -0.157. The Kier molecular flexibility index (Phi) is 33.1. The molecule has 0 radical (unpaired) electrons. The van der Waals surface area contributed by atoms with E-state index in [4.69, 9.17) is 9.47 Å². The molecule has 2 fully saturated rings. The number of hydrogen-bond donors (Lipinski definition) is 5. The number of aliphatic hydroxyl groups is 1. The Morgan fingerprint density at radius 2 is 1.03 bits per heavy atom. The molecule has 0 spiro atoms. The Hall–Kier alpha value is -5.72. The molecule has 2 rings (SSSR count). The SMILES string of the molecule is CC=CCC(C)C(O)C1C(=O)NC(CC)C(=O)N(C)C(C)C(=O)N(C)C(C(C)COC2CCOC2)C(=O)NC(C(C)C)CN(C)C(CC(C)C)C(=O)NC(C)C(=O)NC(C)C(=O)N(C)C(CC(C)C)C(=O)N(C)C(CC(C)C)C(=O)N(C)C(C(C)C)C(=O)N1C. The zero-order valence-corrected chi connectivity index (χ0v) is 59.2. The van der Waals surface area contributed by atoms with Gasteiger partial charge in [-0.15, -0.1) is 0 Å². The molecule has 2 aliphatic heterocycles. The van der Waals surface area contributed by atoms with Crippen LogP contribution in [0.1, 0.15) is 156 Å². The number of carbonyl (C=O) groups excluding carboxylic acids is 10. The van der Waals surface area contributed by atoms with Crippen LogP contribution < -0.4 is 21.3 Å². The minimum Gasteiger partial charge on any atom is -0.390 e. The lowest BCUT2D eigenvalue weighted by atomic mass is 9.91. The standard InChI is InChI=1S/C66H119N11O13/c1-25-27-28-42(13)56(78)55-60(82)69-48(26-2)63(85)72(19)46(17)62(84)76(23)54(43(14)35-90-47-29-30-89-36-47)59(81)70-49(40(9)10)34-71(18)50(31-37(3)4)58(80)67-44(15)57(79)68-45(16)61(83)73(20)51(32-38(5)6)64(86)74(21)52(33-39(7)8)65(87)75(22)53(41(11)12)66(88)77(55)24/h25,27,37-56,78H,26,28-36H2,1-24H3,(H,67,80)(H,68,79)(H,69,82)(H,70,81). The monoisotopic (exact) mass is 1270 g/mol.